The first-order chi connectivity index (χ1) is 9.36. The van der Waals surface area contributed by atoms with Crippen LogP contribution in [0.5, 0.6) is 0 Å². The Morgan fingerprint density at radius 2 is 2.00 bits per heavy atom. The van der Waals surface area contributed by atoms with Gasteiger partial charge in [0.25, 0.3) is 0 Å². The summed E-state index contributed by atoms with van der Waals surface area (Å²) < 4.78 is 5.89. The molecule has 0 aliphatic carbocycles. The molecule has 0 aliphatic rings. The zero-order valence-electron chi connectivity index (χ0n) is 12.9. The van der Waals surface area contributed by atoms with Crippen LogP contribution in [-0.4, -0.2) is 5.91 Å². The number of amides is 1. The molecule has 3 heteroatoms. The van der Waals surface area contributed by atoms with Gasteiger partial charge in [0.15, 0.2) is 0 Å². The van der Waals surface area contributed by atoms with Crippen LogP contribution in [0, 0.1) is 12.3 Å². The molecule has 0 aliphatic heterocycles. The molecule has 1 unspecified atom stereocenters. The van der Waals surface area contributed by atoms with Crippen LogP contribution in [0.25, 0.3) is 11.0 Å². The van der Waals surface area contributed by atoms with Crippen molar-refractivity contribution < 1.29 is 9.21 Å². The third kappa shape index (κ3) is 2.58. The molecule has 1 aromatic carbocycles. The normalized spacial score (nSPS) is 13.4. The minimum atomic E-state index is -0.353. The fourth-order valence-corrected chi connectivity index (χ4v) is 2.22. The number of hydrogen-bond donors (Lipinski definition) is 1. The third-order valence-corrected chi connectivity index (χ3v) is 4.12. The van der Waals surface area contributed by atoms with Gasteiger partial charge in [-0.3, -0.25) is 4.79 Å². The third-order valence-electron chi connectivity index (χ3n) is 4.12. The van der Waals surface area contributed by atoms with Crippen molar-refractivity contribution in [3.05, 3.63) is 35.6 Å². The molecule has 0 saturated carbocycles. The molecule has 1 heterocycles. The van der Waals surface area contributed by atoms with Crippen LogP contribution in [0.15, 0.2) is 28.7 Å². The number of nitrogens with one attached hydrogen (secondary N) is 1. The number of para-hydroxylation sites is 1. The average Bonchev–Trinajstić information content (AvgIpc) is 2.76. The Bertz CT molecular complexity index is 625. The lowest BCUT2D eigenvalue weighted by Gasteiger charge is -2.24. The molecule has 0 fully saturated rings. The van der Waals surface area contributed by atoms with E-state index in [2.05, 4.69) is 5.32 Å². The highest BCUT2D eigenvalue weighted by atomic mass is 16.3. The Morgan fingerprint density at radius 3 is 2.60 bits per heavy atom. The largest absolute Gasteiger partial charge is 0.459 e. The number of carbonyl (C=O) groups is 1. The second kappa shape index (κ2) is 5.31. The van der Waals surface area contributed by atoms with Crippen molar-refractivity contribution in [2.24, 2.45) is 5.41 Å². The molecule has 0 spiro atoms. The van der Waals surface area contributed by atoms with Gasteiger partial charge in [-0.25, -0.2) is 0 Å². The minimum Gasteiger partial charge on any atom is -0.459 e. The Hall–Kier alpha value is -1.77. The summed E-state index contributed by atoms with van der Waals surface area (Å²) in [4.78, 5) is 12.3. The van der Waals surface area contributed by atoms with Crippen LogP contribution < -0.4 is 5.32 Å². The summed E-state index contributed by atoms with van der Waals surface area (Å²) >= 11 is 0. The number of carbonyl (C=O) groups excluding carboxylic acids is 1. The van der Waals surface area contributed by atoms with Gasteiger partial charge in [-0.1, -0.05) is 39.0 Å². The van der Waals surface area contributed by atoms with Crippen LogP contribution in [0.2, 0.25) is 0 Å². The number of rotatable bonds is 4. The summed E-state index contributed by atoms with van der Waals surface area (Å²) in [6.45, 7) is 9.95. The van der Waals surface area contributed by atoms with E-state index in [4.69, 9.17) is 4.42 Å². The summed E-state index contributed by atoms with van der Waals surface area (Å²) in [5, 5.41) is 4.17. The molecule has 0 bridgehead atoms. The van der Waals surface area contributed by atoms with E-state index < -0.39 is 0 Å². The molecule has 0 saturated heterocycles. The highest BCUT2D eigenvalue weighted by Gasteiger charge is 2.28. The molecule has 3 nitrogen and oxygen atoms in total. The summed E-state index contributed by atoms with van der Waals surface area (Å²) in [6.07, 6.45) is 0.810. The molecular weight excluding hydrogens is 250 g/mol. The van der Waals surface area contributed by atoms with Crippen molar-refractivity contribution in [3.63, 3.8) is 0 Å². The molecule has 2 rings (SSSR count). The highest BCUT2D eigenvalue weighted by molar-refractivity contribution is 5.84. The molecule has 2 aromatic rings. The quantitative estimate of drug-likeness (QED) is 0.899. The Labute approximate surface area is 120 Å². The lowest BCUT2D eigenvalue weighted by atomic mass is 9.89. The molecule has 108 valence electrons. The van der Waals surface area contributed by atoms with Gasteiger partial charge in [0, 0.05) is 16.4 Å². The SMILES string of the molecule is CCC(C)(C)C(=O)NC(C)c1oc2ccccc2c1C. The molecule has 1 N–H and O–H groups in total. The molecular formula is C17H23NO2. The number of fused-ring (bicyclic) bond motifs is 1. The first-order valence-electron chi connectivity index (χ1n) is 7.16. The van der Waals surface area contributed by atoms with Crippen molar-refractivity contribution in [2.45, 2.75) is 47.1 Å². The lowest BCUT2D eigenvalue weighted by Crippen LogP contribution is -2.37. The van der Waals surface area contributed by atoms with Gasteiger partial charge in [-0.05, 0) is 26.3 Å². The van der Waals surface area contributed by atoms with Gasteiger partial charge < -0.3 is 9.73 Å². The number of hydrogen-bond acceptors (Lipinski definition) is 2. The molecule has 0 radical (unpaired) electrons. The van der Waals surface area contributed by atoms with E-state index in [1.54, 1.807) is 0 Å². The maximum atomic E-state index is 12.3. The van der Waals surface area contributed by atoms with E-state index in [9.17, 15) is 4.79 Å². The van der Waals surface area contributed by atoms with Crippen LogP contribution >= 0.6 is 0 Å². The Balaban J connectivity index is 2.26. The predicted molar refractivity (Wildman–Crippen MR) is 81.6 cm³/mol. The molecule has 20 heavy (non-hydrogen) atoms. The van der Waals surface area contributed by atoms with Crippen LogP contribution in [-0.2, 0) is 4.79 Å². The topological polar surface area (TPSA) is 42.2 Å². The maximum absolute atomic E-state index is 12.3. The first-order valence-corrected chi connectivity index (χ1v) is 7.16. The summed E-state index contributed by atoms with van der Waals surface area (Å²) in [5.41, 5.74) is 1.62. The van der Waals surface area contributed by atoms with Gasteiger partial charge in [-0.15, -0.1) is 0 Å². The molecule has 1 amide bonds. The van der Waals surface area contributed by atoms with Crippen molar-refractivity contribution in [1.82, 2.24) is 5.32 Å². The number of benzene rings is 1. The van der Waals surface area contributed by atoms with E-state index in [1.807, 2.05) is 58.9 Å². The van der Waals surface area contributed by atoms with Gasteiger partial charge in [0.1, 0.15) is 11.3 Å². The molecule has 1 atom stereocenters. The second-order valence-electron chi connectivity index (χ2n) is 6.02. The maximum Gasteiger partial charge on any atom is 0.226 e. The lowest BCUT2D eigenvalue weighted by molar-refractivity contribution is -0.130. The van der Waals surface area contributed by atoms with Crippen molar-refractivity contribution in [2.75, 3.05) is 0 Å². The second-order valence-corrected chi connectivity index (χ2v) is 6.02. The van der Waals surface area contributed by atoms with Crippen molar-refractivity contribution >= 4 is 16.9 Å². The van der Waals surface area contributed by atoms with Crippen LogP contribution in [0.4, 0.5) is 0 Å². The van der Waals surface area contributed by atoms with E-state index in [0.29, 0.717) is 0 Å². The van der Waals surface area contributed by atoms with E-state index >= 15 is 0 Å². The van der Waals surface area contributed by atoms with E-state index in [-0.39, 0.29) is 17.4 Å². The van der Waals surface area contributed by atoms with Crippen molar-refractivity contribution in [3.8, 4) is 0 Å². The first kappa shape index (κ1) is 14.6. The predicted octanol–water partition coefficient (Wildman–Crippen LogP) is 4.35. The van der Waals surface area contributed by atoms with Crippen molar-refractivity contribution in [1.29, 1.82) is 0 Å². The van der Waals surface area contributed by atoms with Crippen LogP contribution in [0.1, 0.15) is 51.5 Å². The fourth-order valence-electron chi connectivity index (χ4n) is 2.22. The van der Waals surface area contributed by atoms with Gasteiger partial charge in [-0.2, -0.15) is 0 Å². The zero-order chi connectivity index (χ0) is 14.9. The smallest absolute Gasteiger partial charge is 0.226 e. The highest BCUT2D eigenvalue weighted by Crippen LogP contribution is 2.30. The summed E-state index contributed by atoms with van der Waals surface area (Å²) in [7, 11) is 0. The monoisotopic (exact) mass is 273 g/mol. The van der Waals surface area contributed by atoms with E-state index in [0.717, 1.165) is 28.7 Å². The standard InChI is InChI=1S/C17H23NO2/c1-6-17(4,5)16(19)18-12(3)15-11(2)13-9-7-8-10-14(13)20-15/h7-10,12H,6H2,1-5H3,(H,18,19). The Morgan fingerprint density at radius 1 is 1.35 bits per heavy atom. The van der Waals surface area contributed by atoms with Gasteiger partial charge in [0.05, 0.1) is 6.04 Å². The zero-order valence-corrected chi connectivity index (χ0v) is 12.9. The average molecular weight is 273 g/mol. The molecule has 1 aromatic heterocycles. The Kier molecular flexibility index (Phi) is 3.89. The minimum absolute atomic E-state index is 0.0624. The fraction of sp³-hybridized carbons (Fsp3) is 0.471. The summed E-state index contributed by atoms with van der Waals surface area (Å²) in [6, 6.07) is 7.83. The summed E-state index contributed by atoms with van der Waals surface area (Å²) in [5.74, 6) is 0.902. The van der Waals surface area contributed by atoms with Gasteiger partial charge >= 0.3 is 0 Å². The van der Waals surface area contributed by atoms with Gasteiger partial charge in [0.2, 0.25) is 5.91 Å². The number of furan rings is 1. The van der Waals surface area contributed by atoms with Crippen LogP contribution in [0.3, 0.4) is 0 Å². The number of aryl methyl sites for hydroxylation is 1. The van der Waals surface area contributed by atoms with E-state index in [1.165, 1.54) is 0 Å².